The van der Waals surface area contributed by atoms with Crippen LogP contribution < -0.4 is 5.32 Å². The van der Waals surface area contributed by atoms with Crippen LogP contribution in [0.5, 0.6) is 0 Å². The van der Waals surface area contributed by atoms with Crippen LogP contribution in [0.1, 0.15) is 39.0 Å². The molecule has 4 nitrogen and oxygen atoms in total. The number of nitrogens with zero attached hydrogens (tertiary/aromatic N) is 2. The molecule has 0 radical (unpaired) electrons. The molecule has 0 aromatic carbocycles. The lowest BCUT2D eigenvalue weighted by Crippen LogP contribution is -2.47. The van der Waals surface area contributed by atoms with Crippen molar-refractivity contribution in [2.75, 3.05) is 33.2 Å². The quantitative estimate of drug-likeness (QED) is 0.855. The normalized spacial score (nSPS) is 26.6. The van der Waals surface area contributed by atoms with Crippen molar-refractivity contribution in [3.8, 4) is 0 Å². The van der Waals surface area contributed by atoms with Gasteiger partial charge in [0.25, 0.3) is 0 Å². The van der Waals surface area contributed by atoms with E-state index in [0.717, 1.165) is 32.6 Å². The zero-order chi connectivity index (χ0) is 13.0. The van der Waals surface area contributed by atoms with Gasteiger partial charge in [-0.3, -0.25) is 9.69 Å². The Morgan fingerprint density at radius 1 is 1.16 bits per heavy atom. The highest BCUT2D eigenvalue weighted by Gasteiger charge is 2.31. The number of hydrogen-bond donors (Lipinski definition) is 1. The Bertz CT molecular complexity index is 280. The molecular weight excluding hydrogens is 262 g/mol. The number of rotatable bonds is 3. The SMILES string of the molecule is CNC1CCN(C(C)C(=O)N2CCCCCC2)C1.Cl. The standard InChI is InChI=1S/C14H27N3O.ClH/c1-12(17-10-7-13(11-17)15-2)14(18)16-8-5-3-4-6-9-16;/h12-13,15H,3-11H2,1-2H3;1H. The van der Waals surface area contributed by atoms with Gasteiger partial charge in [-0.1, -0.05) is 12.8 Å². The van der Waals surface area contributed by atoms with E-state index in [2.05, 4.69) is 22.0 Å². The van der Waals surface area contributed by atoms with Crippen LogP contribution in [0.15, 0.2) is 0 Å². The second-order valence-electron chi connectivity index (χ2n) is 5.68. The van der Waals surface area contributed by atoms with E-state index in [1.165, 1.54) is 25.7 Å². The molecule has 1 N–H and O–H groups in total. The van der Waals surface area contributed by atoms with E-state index in [1.54, 1.807) is 0 Å². The molecule has 112 valence electrons. The Kier molecular flexibility index (Phi) is 7.11. The second kappa shape index (κ2) is 8.08. The van der Waals surface area contributed by atoms with Gasteiger partial charge >= 0.3 is 0 Å². The van der Waals surface area contributed by atoms with Crippen LogP contribution in [0.2, 0.25) is 0 Å². The summed E-state index contributed by atoms with van der Waals surface area (Å²) in [4.78, 5) is 16.9. The number of likely N-dealkylation sites (tertiary alicyclic amines) is 2. The fourth-order valence-electron chi connectivity index (χ4n) is 3.09. The van der Waals surface area contributed by atoms with Gasteiger partial charge in [-0.2, -0.15) is 0 Å². The van der Waals surface area contributed by atoms with Gasteiger partial charge in [-0.05, 0) is 33.2 Å². The molecule has 2 unspecified atom stereocenters. The van der Waals surface area contributed by atoms with E-state index >= 15 is 0 Å². The predicted octanol–water partition coefficient (Wildman–Crippen LogP) is 1.49. The van der Waals surface area contributed by atoms with Crippen molar-refractivity contribution >= 4 is 18.3 Å². The lowest BCUT2D eigenvalue weighted by molar-refractivity contribution is -0.136. The molecule has 0 saturated carbocycles. The molecule has 2 aliphatic rings. The summed E-state index contributed by atoms with van der Waals surface area (Å²) in [5.74, 6) is 0.341. The molecule has 2 saturated heterocycles. The molecule has 0 spiro atoms. The van der Waals surface area contributed by atoms with E-state index in [0.29, 0.717) is 11.9 Å². The van der Waals surface area contributed by atoms with Gasteiger partial charge in [0.15, 0.2) is 0 Å². The van der Waals surface area contributed by atoms with Crippen LogP contribution in [-0.4, -0.2) is 61.0 Å². The average Bonchev–Trinajstić information content (AvgIpc) is 2.71. The fraction of sp³-hybridized carbons (Fsp3) is 0.929. The molecule has 2 aliphatic heterocycles. The third-order valence-corrected chi connectivity index (χ3v) is 4.45. The summed E-state index contributed by atoms with van der Waals surface area (Å²) in [5.41, 5.74) is 0. The van der Waals surface area contributed by atoms with Crippen molar-refractivity contribution in [3.63, 3.8) is 0 Å². The number of nitrogens with one attached hydrogen (secondary N) is 1. The van der Waals surface area contributed by atoms with E-state index in [-0.39, 0.29) is 18.4 Å². The largest absolute Gasteiger partial charge is 0.341 e. The molecular formula is C14H28ClN3O. The van der Waals surface area contributed by atoms with Crippen molar-refractivity contribution in [3.05, 3.63) is 0 Å². The summed E-state index contributed by atoms with van der Waals surface area (Å²) >= 11 is 0. The molecule has 2 heterocycles. The van der Waals surface area contributed by atoms with Crippen molar-refractivity contribution in [1.82, 2.24) is 15.1 Å². The van der Waals surface area contributed by atoms with Crippen molar-refractivity contribution in [2.45, 2.75) is 51.1 Å². The first-order valence-electron chi connectivity index (χ1n) is 7.42. The zero-order valence-corrected chi connectivity index (χ0v) is 13.0. The average molecular weight is 290 g/mol. The summed E-state index contributed by atoms with van der Waals surface area (Å²) in [6.45, 7) is 6.06. The Labute approximate surface area is 123 Å². The predicted molar refractivity (Wildman–Crippen MR) is 80.8 cm³/mol. The first kappa shape index (κ1) is 16.7. The van der Waals surface area contributed by atoms with E-state index in [4.69, 9.17) is 0 Å². The van der Waals surface area contributed by atoms with Crippen molar-refractivity contribution in [2.24, 2.45) is 0 Å². The number of amides is 1. The lowest BCUT2D eigenvalue weighted by Gasteiger charge is -2.29. The monoisotopic (exact) mass is 289 g/mol. The number of hydrogen-bond acceptors (Lipinski definition) is 3. The highest BCUT2D eigenvalue weighted by atomic mass is 35.5. The van der Waals surface area contributed by atoms with E-state index < -0.39 is 0 Å². The Morgan fingerprint density at radius 3 is 2.32 bits per heavy atom. The summed E-state index contributed by atoms with van der Waals surface area (Å²) in [5, 5.41) is 3.31. The molecule has 0 aromatic heterocycles. The number of halogens is 1. The summed E-state index contributed by atoms with van der Waals surface area (Å²) in [7, 11) is 2.01. The minimum atomic E-state index is 0. The minimum Gasteiger partial charge on any atom is -0.341 e. The number of carbonyl (C=O) groups excluding carboxylic acids is 1. The number of likely N-dealkylation sites (N-methyl/N-ethyl adjacent to an activating group) is 1. The highest BCUT2D eigenvalue weighted by Crippen LogP contribution is 2.16. The maximum Gasteiger partial charge on any atom is 0.239 e. The Balaban J connectivity index is 0.00000180. The van der Waals surface area contributed by atoms with Gasteiger partial charge in [-0.25, -0.2) is 0 Å². The first-order valence-corrected chi connectivity index (χ1v) is 7.42. The minimum absolute atomic E-state index is 0. The third-order valence-electron chi connectivity index (χ3n) is 4.45. The molecule has 0 aromatic rings. The molecule has 2 fully saturated rings. The van der Waals surface area contributed by atoms with E-state index in [1.807, 2.05) is 7.05 Å². The van der Waals surface area contributed by atoms with Crippen molar-refractivity contribution in [1.29, 1.82) is 0 Å². The van der Waals surface area contributed by atoms with E-state index in [9.17, 15) is 4.79 Å². The fourth-order valence-corrected chi connectivity index (χ4v) is 3.09. The molecule has 2 rings (SSSR count). The van der Waals surface area contributed by atoms with Gasteiger partial charge in [0.05, 0.1) is 6.04 Å². The first-order chi connectivity index (χ1) is 8.72. The van der Waals surface area contributed by atoms with Crippen LogP contribution in [0.25, 0.3) is 0 Å². The van der Waals surface area contributed by atoms with Gasteiger partial charge in [0, 0.05) is 32.2 Å². The van der Waals surface area contributed by atoms with Crippen LogP contribution in [0, 0.1) is 0 Å². The summed E-state index contributed by atoms with van der Waals surface area (Å²) in [6.07, 6.45) is 6.08. The maximum absolute atomic E-state index is 12.5. The molecule has 0 bridgehead atoms. The van der Waals surface area contributed by atoms with Gasteiger partial charge in [0.2, 0.25) is 5.91 Å². The molecule has 19 heavy (non-hydrogen) atoms. The lowest BCUT2D eigenvalue weighted by atomic mass is 10.2. The van der Waals surface area contributed by atoms with Gasteiger partial charge in [0.1, 0.15) is 0 Å². The van der Waals surface area contributed by atoms with Crippen LogP contribution in [0.3, 0.4) is 0 Å². The highest BCUT2D eigenvalue weighted by molar-refractivity contribution is 5.85. The molecule has 0 aliphatic carbocycles. The van der Waals surface area contributed by atoms with Gasteiger partial charge < -0.3 is 10.2 Å². The number of carbonyl (C=O) groups is 1. The smallest absolute Gasteiger partial charge is 0.239 e. The summed E-state index contributed by atoms with van der Waals surface area (Å²) in [6, 6.07) is 0.617. The van der Waals surface area contributed by atoms with Gasteiger partial charge in [-0.15, -0.1) is 12.4 Å². The second-order valence-corrected chi connectivity index (χ2v) is 5.68. The maximum atomic E-state index is 12.5. The molecule has 1 amide bonds. The van der Waals surface area contributed by atoms with Crippen LogP contribution >= 0.6 is 12.4 Å². The van der Waals surface area contributed by atoms with Crippen molar-refractivity contribution < 1.29 is 4.79 Å². The Hall–Kier alpha value is -0.320. The molecule has 5 heteroatoms. The topological polar surface area (TPSA) is 35.6 Å². The summed E-state index contributed by atoms with van der Waals surface area (Å²) < 4.78 is 0. The zero-order valence-electron chi connectivity index (χ0n) is 12.2. The van der Waals surface area contributed by atoms with Crippen LogP contribution in [0.4, 0.5) is 0 Å². The molecule has 2 atom stereocenters. The third kappa shape index (κ3) is 4.33. The Morgan fingerprint density at radius 2 is 1.79 bits per heavy atom. The van der Waals surface area contributed by atoms with Crippen LogP contribution in [-0.2, 0) is 4.79 Å².